The van der Waals surface area contributed by atoms with Gasteiger partial charge in [-0.1, -0.05) is 46.6 Å². The average Bonchev–Trinajstić information content (AvgIpc) is 2.53. The summed E-state index contributed by atoms with van der Waals surface area (Å²) in [7, 11) is 0. The van der Waals surface area contributed by atoms with E-state index in [2.05, 4.69) is 28.9 Å². The van der Waals surface area contributed by atoms with Crippen molar-refractivity contribution in [2.45, 2.75) is 13.3 Å². The summed E-state index contributed by atoms with van der Waals surface area (Å²) in [6, 6.07) is 15.2. The molecule has 4 heteroatoms. The second-order valence-corrected chi connectivity index (χ2v) is 6.06. The van der Waals surface area contributed by atoms with Crippen LogP contribution in [0.5, 0.6) is 5.75 Å². The molecule has 2 aromatic carbocycles. The van der Waals surface area contributed by atoms with E-state index < -0.39 is 0 Å². The number of halogens is 2. The topological polar surface area (TPSA) is 33.0 Å². The molecule has 0 radical (unpaired) electrons. The first-order chi connectivity index (χ1) is 10.6. The van der Waals surface area contributed by atoms with Crippen LogP contribution in [0, 0.1) is 11.3 Å². The summed E-state index contributed by atoms with van der Waals surface area (Å²) < 4.78 is 6.69. The maximum Gasteiger partial charge on any atom is 0.126 e. The summed E-state index contributed by atoms with van der Waals surface area (Å²) in [4.78, 5) is 0. The van der Waals surface area contributed by atoms with Crippen LogP contribution >= 0.6 is 27.5 Å². The normalized spacial score (nSPS) is 11.1. The average molecular weight is 377 g/mol. The second kappa shape index (κ2) is 8.03. The number of benzene rings is 2. The van der Waals surface area contributed by atoms with E-state index in [-0.39, 0.29) is 0 Å². The fraction of sp³-hybridized carbons (Fsp3) is 0.167. The van der Waals surface area contributed by atoms with Crippen LogP contribution in [0.25, 0.3) is 11.6 Å². The molecule has 0 saturated carbocycles. The standard InChI is InChI=1S/C18H15BrClNO/c1-2-9-22-18-8-5-16(19)11-14(18)10-15(12-21)13-3-6-17(20)7-4-13/h3-8,10-11H,2,9H2,1H3/b15-10+. The minimum atomic E-state index is 0.566. The van der Waals surface area contributed by atoms with E-state index in [4.69, 9.17) is 16.3 Å². The molecule has 112 valence electrons. The van der Waals surface area contributed by atoms with Crippen molar-refractivity contribution in [3.8, 4) is 11.8 Å². The first-order valence-electron chi connectivity index (χ1n) is 6.94. The molecule has 0 fully saturated rings. The lowest BCUT2D eigenvalue weighted by atomic mass is 10.0. The summed E-state index contributed by atoms with van der Waals surface area (Å²) in [5.74, 6) is 0.770. The highest BCUT2D eigenvalue weighted by molar-refractivity contribution is 9.10. The number of hydrogen-bond donors (Lipinski definition) is 0. The molecule has 0 spiro atoms. The minimum Gasteiger partial charge on any atom is -0.493 e. The Bertz CT molecular complexity index is 717. The first kappa shape index (κ1) is 16.6. The quantitative estimate of drug-likeness (QED) is 0.477. The van der Waals surface area contributed by atoms with Crippen molar-refractivity contribution in [2.24, 2.45) is 0 Å². The van der Waals surface area contributed by atoms with Gasteiger partial charge in [0.2, 0.25) is 0 Å². The van der Waals surface area contributed by atoms with Crippen LogP contribution in [-0.2, 0) is 0 Å². The van der Waals surface area contributed by atoms with Crippen LogP contribution in [0.15, 0.2) is 46.9 Å². The fourth-order valence-corrected chi connectivity index (χ4v) is 2.45. The number of ether oxygens (including phenoxy) is 1. The molecule has 0 amide bonds. The van der Waals surface area contributed by atoms with Crippen LogP contribution in [0.4, 0.5) is 0 Å². The monoisotopic (exact) mass is 375 g/mol. The van der Waals surface area contributed by atoms with Crippen molar-refractivity contribution >= 4 is 39.2 Å². The molecule has 0 aliphatic carbocycles. The third-order valence-electron chi connectivity index (χ3n) is 3.01. The van der Waals surface area contributed by atoms with Crippen LogP contribution in [0.2, 0.25) is 5.02 Å². The zero-order valence-electron chi connectivity index (χ0n) is 12.1. The van der Waals surface area contributed by atoms with E-state index in [1.54, 1.807) is 12.1 Å². The van der Waals surface area contributed by atoms with Crippen molar-refractivity contribution in [1.29, 1.82) is 5.26 Å². The third kappa shape index (κ3) is 4.37. The number of rotatable bonds is 5. The molecule has 0 saturated heterocycles. The van der Waals surface area contributed by atoms with Gasteiger partial charge in [-0.15, -0.1) is 0 Å². The van der Waals surface area contributed by atoms with Gasteiger partial charge in [0.25, 0.3) is 0 Å². The molecular formula is C18H15BrClNO. The molecule has 0 atom stereocenters. The van der Waals surface area contributed by atoms with Crippen molar-refractivity contribution in [1.82, 2.24) is 0 Å². The second-order valence-electron chi connectivity index (χ2n) is 4.71. The van der Waals surface area contributed by atoms with E-state index in [0.717, 1.165) is 27.8 Å². The van der Waals surface area contributed by atoms with Gasteiger partial charge < -0.3 is 4.74 Å². The summed E-state index contributed by atoms with van der Waals surface area (Å²) >= 11 is 9.35. The molecule has 0 aliphatic rings. The van der Waals surface area contributed by atoms with Gasteiger partial charge in [0.1, 0.15) is 5.75 Å². The molecule has 0 aliphatic heterocycles. The molecule has 0 bridgehead atoms. The van der Waals surface area contributed by atoms with Crippen LogP contribution < -0.4 is 4.74 Å². The largest absolute Gasteiger partial charge is 0.493 e. The molecule has 0 aromatic heterocycles. The highest BCUT2D eigenvalue weighted by Crippen LogP contribution is 2.28. The molecular weight excluding hydrogens is 362 g/mol. The van der Waals surface area contributed by atoms with Gasteiger partial charge in [0, 0.05) is 15.1 Å². The molecule has 0 unspecified atom stereocenters. The Morgan fingerprint density at radius 3 is 2.64 bits per heavy atom. The number of allylic oxidation sites excluding steroid dienone is 1. The van der Waals surface area contributed by atoms with Crippen molar-refractivity contribution < 1.29 is 4.74 Å². The van der Waals surface area contributed by atoms with Crippen LogP contribution in [0.3, 0.4) is 0 Å². The number of hydrogen-bond acceptors (Lipinski definition) is 2. The van der Waals surface area contributed by atoms with E-state index in [1.807, 2.05) is 36.4 Å². The minimum absolute atomic E-state index is 0.566. The summed E-state index contributed by atoms with van der Waals surface area (Å²) in [6.45, 7) is 2.70. The van der Waals surface area contributed by atoms with Gasteiger partial charge in [0.05, 0.1) is 18.2 Å². The maximum absolute atomic E-state index is 9.44. The predicted octanol–water partition coefficient (Wildman–Crippen LogP) is 5.96. The Balaban J connectivity index is 2.42. The fourth-order valence-electron chi connectivity index (χ4n) is 1.94. The van der Waals surface area contributed by atoms with Crippen LogP contribution in [-0.4, -0.2) is 6.61 Å². The Hall–Kier alpha value is -1.76. The third-order valence-corrected chi connectivity index (χ3v) is 3.75. The van der Waals surface area contributed by atoms with Gasteiger partial charge in [-0.2, -0.15) is 5.26 Å². The summed E-state index contributed by atoms with van der Waals surface area (Å²) in [6.07, 6.45) is 2.76. The van der Waals surface area contributed by atoms with E-state index >= 15 is 0 Å². The number of nitriles is 1. The lowest BCUT2D eigenvalue weighted by Crippen LogP contribution is -1.97. The van der Waals surface area contributed by atoms with Crippen LogP contribution in [0.1, 0.15) is 24.5 Å². The van der Waals surface area contributed by atoms with Gasteiger partial charge in [-0.05, 0) is 48.4 Å². The smallest absolute Gasteiger partial charge is 0.126 e. The molecule has 2 rings (SSSR count). The highest BCUT2D eigenvalue weighted by Gasteiger charge is 2.06. The predicted molar refractivity (Wildman–Crippen MR) is 94.9 cm³/mol. The van der Waals surface area contributed by atoms with Gasteiger partial charge in [-0.3, -0.25) is 0 Å². The zero-order chi connectivity index (χ0) is 15.9. The molecule has 2 aromatic rings. The van der Waals surface area contributed by atoms with Gasteiger partial charge in [-0.25, -0.2) is 0 Å². The SMILES string of the molecule is CCCOc1ccc(Br)cc1/C=C(\C#N)c1ccc(Cl)cc1. The maximum atomic E-state index is 9.44. The van der Waals surface area contributed by atoms with Crippen molar-refractivity contribution in [3.05, 3.63) is 63.1 Å². The summed E-state index contributed by atoms with van der Waals surface area (Å²) in [5, 5.41) is 10.1. The Morgan fingerprint density at radius 2 is 2.00 bits per heavy atom. The Labute approximate surface area is 144 Å². The number of nitrogens with zero attached hydrogens (tertiary/aromatic N) is 1. The lowest BCUT2D eigenvalue weighted by molar-refractivity contribution is 0.317. The highest BCUT2D eigenvalue weighted by atomic mass is 79.9. The van der Waals surface area contributed by atoms with Gasteiger partial charge in [0.15, 0.2) is 0 Å². The zero-order valence-corrected chi connectivity index (χ0v) is 14.5. The molecule has 2 nitrogen and oxygen atoms in total. The van der Waals surface area contributed by atoms with E-state index in [0.29, 0.717) is 17.2 Å². The Kier molecular flexibility index (Phi) is 6.06. The van der Waals surface area contributed by atoms with Crippen molar-refractivity contribution in [3.63, 3.8) is 0 Å². The first-order valence-corrected chi connectivity index (χ1v) is 8.11. The summed E-state index contributed by atoms with van der Waals surface area (Å²) in [5.41, 5.74) is 2.26. The molecule has 0 heterocycles. The van der Waals surface area contributed by atoms with E-state index in [9.17, 15) is 5.26 Å². The molecule has 22 heavy (non-hydrogen) atoms. The van der Waals surface area contributed by atoms with Crippen molar-refractivity contribution in [2.75, 3.05) is 6.61 Å². The lowest BCUT2D eigenvalue weighted by Gasteiger charge is -2.09. The van der Waals surface area contributed by atoms with Gasteiger partial charge >= 0.3 is 0 Å². The van der Waals surface area contributed by atoms with E-state index in [1.165, 1.54) is 0 Å². The Morgan fingerprint density at radius 1 is 1.27 bits per heavy atom. The molecule has 0 N–H and O–H groups in total.